The van der Waals surface area contributed by atoms with Crippen LogP contribution in [0, 0.1) is 0 Å². The van der Waals surface area contributed by atoms with Gasteiger partial charge in [0.2, 0.25) is 0 Å². The van der Waals surface area contributed by atoms with Crippen molar-refractivity contribution in [3.05, 3.63) is 30.1 Å². The molecule has 0 aliphatic carbocycles. The number of carbonyl (C=O) groups is 2. The minimum atomic E-state index is -0.335. The van der Waals surface area contributed by atoms with Crippen LogP contribution in [0.4, 0.5) is 4.79 Å². The van der Waals surface area contributed by atoms with Crippen LogP contribution >= 0.6 is 11.8 Å². The average Bonchev–Trinajstić information content (AvgIpc) is 2.66. The normalized spacial score (nSPS) is 21.4. The predicted molar refractivity (Wildman–Crippen MR) is 64.7 cm³/mol. The maximum absolute atomic E-state index is 11.6. The molecule has 1 fully saturated rings. The standard InChI is InChI=1S/C10H10N4O2S/c1-6-8(12-10(16)17-6)13-14-9(15)7-2-4-11-5-3-7/h2-6H,1H3,(H,14,15)(H,12,13,16). The van der Waals surface area contributed by atoms with Gasteiger partial charge in [-0.05, 0) is 19.1 Å². The van der Waals surface area contributed by atoms with Crippen molar-refractivity contribution in [3.8, 4) is 0 Å². The van der Waals surface area contributed by atoms with Gasteiger partial charge in [0, 0.05) is 18.0 Å². The lowest BCUT2D eigenvalue weighted by Crippen LogP contribution is -2.28. The van der Waals surface area contributed by atoms with Gasteiger partial charge in [-0.15, -0.1) is 0 Å². The summed E-state index contributed by atoms with van der Waals surface area (Å²) in [7, 11) is 0. The molecule has 0 aromatic carbocycles. The van der Waals surface area contributed by atoms with Gasteiger partial charge in [0.25, 0.3) is 11.1 Å². The van der Waals surface area contributed by atoms with Crippen LogP contribution in [-0.2, 0) is 0 Å². The van der Waals surface area contributed by atoms with Crippen molar-refractivity contribution in [3.63, 3.8) is 0 Å². The number of aromatic nitrogens is 1. The summed E-state index contributed by atoms with van der Waals surface area (Å²) in [5, 5.41) is 6.21. The Labute approximate surface area is 102 Å². The molecule has 0 radical (unpaired) electrons. The molecule has 1 atom stereocenters. The minimum absolute atomic E-state index is 0.0692. The lowest BCUT2D eigenvalue weighted by Gasteiger charge is -2.02. The average molecular weight is 250 g/mol. The molecule has 1 unspecified atom stereocenters. The summed E-state index contributed by atoms with van der Waals surface area (Å²) in [5.41, 5.74) is 2.85. The van der Waals surface area contributed by atoms with Crippen molar-refractivity contribution in [2.45, 2.75) is 12.2 Å². The molecule has 0 spiro atoms. The van der Waals surface area contributed by atoms with Crippen molar-refractivity contribution in [2.75, 3.05) is 0 Å². The summed E-state index contributed by atoms with van der Waals surface area (Å²) >= 11 is 1.13. The largest absolute Gasteiger partial charge is 0.302 e. The molecule has 1 aromatic heterocycles. The molecule has 1 aromatic rings. The molecular formula is C10H10N4O2S. The fourth-order valence-electron chi connectivity index (χ4n) is 1.25. The van der Waals surface area contributed by atoms with Gasteiger partial charge in [0.1, 0.15) is 5.84 Å². The molecule has 1 aliphatic heterocycles. The van der Waals surface area contributed by atoms with E-state index in [1.54, 1.807) is 12.1 Å². The van der Waals surface area contributed by atoms with Gasteiger partial charge < -0.3 is 5.32 Å². The molecule has 2 amide bonds. The van der Waals surface area contributed by atoms with E-state index in [0.29, 0.717) is 11.4 Å². The molecule has 0 saturated carbocycles. The number of pyridine rings is 1. The molecule has 1 aliphatic rings. The van der Waals surface area contributed by atoms with Crippen LogP contribution in [0.5, 0.6) is 0 Å². The highest BCUT2D eigenvalue weighted by Gasteiger charge is 2.25. The maximum atomic E-state index is 11.6. The van der Waals surface area contributed by atoms with E-state index in [2.05, 4.69) is 20.8 Å². The number of rotatable bonds is 2. The molecule has 6 nitrogen and oxygen atoms in total. The highest BCUT2D eigenvalue weighted by Crippen LogP contribution is 2.18. The molecule has 2 heterocycles. The minimum Gasteiger partial charge on any atom is -0.302 e. The van der Waals surface area contributed by atoms with Gasteiger partial charge in [-0.2, -0.15) is 5.10 Å². The zero-order valence-electron chi connectivity index (χ0n) is 9.01. The quantitative estimate of drug-likeness (QED) is 0.766. The van der Waals surface area contributed by atoms with Crippen LogP contribution in [-0.4, -0.2) is 27.2 Å². The third-order valence-electron chi connectivity index (χ3n) is 2.12. The fourth-order valence-corrected chi connectivity index (χ4v) is 1.96. The Morgan fingerprint density at radius 2 is 2.24 bits per heavy atom. The smallest absolute Gasteiger partial charge is 0.285 e. The number of hydrogen-bond donors (Lipinski definition) is 2. The highest BCUT2D eigenvalue weighted by molar-refractivity contribution is 8.15. The SMILES string of the molecule is CC1SC(=O)N/C1=N\NC(=O)c1ccncc1. The first-order chi connectivity index (χ1) is 8.16. The summed E-state index contributed by atoms with van der Waals surface area (Å²) in [6.45, 7) is 1.83. The van der Waals surface area contributed by atoms with Gasteiger partial charge in [0.15, 0.2) is 0 Å². The van der Waals surface area contributed by atoms with E-state index in [9.17, 15) is 9.59 Å². The highest BCUT2D eigenvalue weighted by atomic mass is 32.2. The molecular weight excluding hydrogens is 240 g/mol. The number of thioether (sulfide) groups is 1. The van der Waals surface area contributed by atoms with E-state index in [1.165, 1.54) is 12.4 Å². The second-order valence-corrected chi connectivity index (χ2v) is 4.66. The van der Waals surface area contributed by atoms with Gasteiger partial charge in [-0.3, -0.25) is 14.6 Å². The number of amides is 2. The van der Waals surface area contributed by atoms with Crippen molar-refractivity contribution in [2.24, 2.45) is 5.10 Å². The van der Waals surface area contributed by atoms with E-state index in [4.69, 9.17) is 0 Å². The van der Waals surface area contributed by atoms with Crippen molar-refractivity contribution >= 4 is 28.7 Å². The second-order valence-electron chi connectivity index (χ2n) is 3.35. The van der Waals surface area contributed by atoms with E-state index in [1.807, 2.05) is 6.92 Å². The number of hydrazone groups is 1. The topological polar surface area (TPSA) is 83.5 Å². The van der Waals surface area contributed by atoms with Crippen LogP contribution in [0.1, 0.15) is 17.3 Å². The van der Waals surface area contributed by atoms with E-state index in [0.717, 1.165) is 11.8 Å². The fraction of sp³-hybridized carbons (Fsp3) is 0.200. The van der Waals surface area contributed by atoms with Crippen molar-refractivity contribution < 1.29 is 9.59 Å². The second kappa shape index (κ2) is 4.96. The molecule has 2 rings (SSSR count). The van der Waals surface area contributed by atoms with Gasteiger partial charge in [0.05, 0.1) is 5.25 Å². The number of carbonyl (C=O) groups excluding carboxylic acids is 2. The maximum Gasteiger partial charge on any atom is 0.285 e. The lowest BCUT2D eigenvalue weighted by atomic mass is 10.3. The first kappa shape index (κ1) is 11.6. The summed E-state index contributed by atoms with van der Waals surface area (Å²) in [6.07, 6.45) is 3.05. The molecule has 7 heteroatoms. The van der Waals surface area contributed by atoms with Crippen molar-refractivity contribution in [1.29, 1.82) is 0 Å². The molecule has 1 saturated heterocycles. The molecule has 17 heavy (non-hydrogen) atoms. The number of nitrogens with zero attached hydrogens (tertiary/aromatic N) is 2. The number of amidine groups is 1. The van der Waals surface area contributed by atoms with E-state index >= 15 is 0 Å². The summed E-state index contributed by atoms with van der Waals surface area (Å²) in [6, 6.07) is 3.17. The molecule has 2 N–H and O–H groups in total. The molecule has 0 bridgehead atoms. The Balaban J connectivity index is 2.01. The monoisotopic (exact) mass is 250 g/mol. The van der Waals surface area contributed by atoms with E-state index < -0.39 is 0 Å². The van der Waals surface area contributed by atoms with Crippen LogP contribution < -0.4 is 10.7 Å². The van der Waals surface area contributed by atoms with Crippen molar-refractivity contribution in [1.82, 2.24) is 15.7 Å². The first-order valence-corrected chi connectivity index (χ1v) is 5.80. The van der Waals surface area contributed by atoms with Crippen LogP contribution in [0.2, 0.25) is 0 Å². The lowest BCUT2D eigenvalue weighted by molar-refractivity contribution is 0.0954. The molecule has 88 valence electrons. The predicted octanol–water partition coefficient (Wildman–Crippen LogP) is 0.970. The Morgan fingerprint density at radius 3 is 2.82 bits per heavy atom. The third kappa shape index (κ3) is 2.82. The van der Waals surface area contributed by atoms with Gasteiger partial charge in [-0.1, -0.05) is 11.8 Å². The summed E-state index contributed by atoms with van der Waals surface area (Å²) in [5.74, 6) is 0.126. The zero-order chi connectivity index (χ0) is 12.3. The summed E-state index contributed by atoms with van der Waals surface area (Å²) < 4.78 is 0. The van der Waals surface area contributed by atoms with Gasteiger partial charge in [-0.25, -0.2) is 5.43 Å². The van der Waals surface area contributed by atoms with Crippen LogP contribution in [0.25, 0.3) is 0 Å². The number of hydrogen-bond acceptors (Lipinski definition) is 5. The summed E-state index contributed by atoms with van der Waals surface area (Å²) in [4.78, 5) is 26.5. The van der Waals surface area contributed by atoms with Crippen LogP contribution in [0.15, 0.2) is 29.6 Å². The van der Waals surface area contributed by atoms with Crippen LogP contribution in [0.3, 0.4) is 0 Å². The number of nitrogens with one attached hydrogen (secondary N) is 2. The Bertz CT molecular complexity index is 474. The third-order valence-corrected chi connectivity index (χ3v) is 3.01. The Morgan fingerprint density at radius 1 is 1.53 bits per heavy atom. The van der Waals surface area contributed by atoms with E-state index in [-0.39, 0.29) is 16.4 Å². The Kier molecular flexibility index (Phi) is 3.38. The Hall–Kier alpha value is -1.89. The van der Waals surface area contributed by atoms with Gasteiger partial charge >= 0.3 is 0 Å². The zero-order valence-corrected chi connectivity index (χ0v) is 9.82. The first-order valence-electron chi connectivity index (χ1n) is 4.92.